The molecule has 0 spiro atoms. The SMILES string of the molecule is C#CCC(C)C1C=Cc2cc(Cl)ccc21. The van der Waals surface area contributed by atoms with Crippen molar-refractivity contribution in [2.24, 2.45) is 5.92 Å². The van der Waals surface area contributed by atoms with Crippen LogP contribution in [0.2, 0.25) is 5.02 Å². The summed E-state index contributed by atoms with van der Waals surface area (Å²) in [5.41, 5.74) is 2.58. The summed E-state index contributed by atoms with van der Waals surface area (Å²) in [4.78, 5) is 0. The van der Waals surface area contributed by atoms with Crippen molar-refractivity contribution in [3.63, 3.8) is 0 Å². The first-order valence-corrected chi connectivity index (χ1v) is 5.51. The zero-order valence-corrected chi connectivity index (χ0v) is 9.46. The van der Waals surface area contributed by atoms with Crippen LogP contribution >= 0.6 is 11.6 Å². The molecule has 0 radical (unpaired) electrons. The normalized spacial score (nSPS) is 19.7. The van der Waals surface area contributed by atoms with Gasteiger partial charge in [0.2, 0.25) is 0 Å². The highest BCUT2D eigenvalue weighted by molar-refractivity contribution is 6.30. The summed E-state index contributed by atoms with van der Waals surface area (Å²) in [7, 11) is 0. The lowest BCUT2D eigenvalue weighted by Crippen LogP contribution is -2.05. The van der Waals surface area contributed by atoms with Gasteiger partial charge in [-0.15, -0.1) is 12.3 Å². The molecule has 1 heteroatoms. The minimum atomic E-state index is 0.452. The maximum atomic E-state index is 5.95. The van der Waals surface area contributed by atoms with E-state index in [1.165, 1.54) is 11.1 Å². The fraction of sp³-hybridized carbons (Fsp3) is 0.286. The molecule has 0 heterocycles. The van der Waals surface area contributed by atoms with E-state index in [0.29, 0.717) is 11.8 Å². The van der Waals surface area contributed by atoms with E-state index >= 15 is 0 Å². The molecule has 2 rings (SSSR count). The molecule has 0 aromatic heterocycles. The second-order valence-electron chi connectivity index (χ2n) is 4.04. The minimum Gasteiger partial charge on any atom is -0.120 e. The molecule has 0 saturated carbocycles. The van der Waals surface area contributed by atoms with Crippen molar-refractivity contribution in [2.75, 3.05) is 0 Å². The molecule has 0 N–H and O–H groups in total. The third kappa shape index (κ3) is 1.94. The fourth-order valence-corrected chi connectivity index (χ4v) is 2.29. The Morgan fingerprint density at radius 3 is 3.07 bits per heavy atom. The third-order valence-electron chi connectivity index (χ3n) is 2.94. The lowest BCUT2D eigenvalue weighted by atomic mass is 9.87. The lowest BCUT2D eigenvalue weighted by Gasteiger charge is -2.17. The van der Waals surface area contributed by atoms with E-state index < -0.39 is 0 Å². The first-order chi connectivity index (χ1) is 7.22. The summed E-state index contributed by atoms with van der Waals surface area (Å²) in [6.07, 6.45) is 10.5. The van der Waals surface area contributed by atoms with E-state index in [1.807, 2.05) is 12.1 Å². The lowest BCUT2D eigenvalue weighted by molar-refractivity contribution is 0.544. The van der Waals surface area contributed by atoms with Crippen molar-refractivity contribution in [1.82, 2.24) is 0 Å². The molecule has 0 saturated heterocycles. The van der Waals surface area contributed by atoms with Gasteiger partial charge in [-0.05, 0) is 29.2 Å². The molecule has 1 aliphatic carbocycles. The van der Waals surface area contributed by atoms with Crippen molar-refractivity contribution in [3.8, 4) is 12.3 Å². The number of halogens is 1. The quantitative estimate of drug-likeness (QED) is 0.653. The molecule has 0 fully saturated rings. The maximum absolute atomic E-state index is 5.95. The molecule has 0 nitrogen and oxygen atoms in total. The minimum absolute atomic E-state index is 0.452. The van der Waals surface area contributed by atoms with E-state index in [4.69, 9.17) is 18.0 Å². The van der Waals surface area contributed by atoms with E-state index in [9.17, 15) is 0 Å². The van der Waals surface area contributed by atoms with Crippen LogP contribution in [0.3, 0.4) is 0 Å². The van der Waals surface area contributed by atoms with Crippen molar-refractivity contribution >= 4 is 17.7 Å². The van der Waals surface area contributed by atoms with Gasteiger partial charge in [0.15, 0.2) is 0 Å². The molecule has 0 aliphatic heterocycles. The molecule has 2 atom stereocenters. The Labute approximate surface area is 96.0 Å². The molecule has 76 valence electrons. The Kier molecular flexibility index (Phi) is 2.84. The molecule has 1 aromatic rings. The summed E-state index contributed by atoms with van der Waals surface area (Å²) in [5.74, 6) is 3.67. The van der Waals surface area contributed by atoms with Crippen molar-refractivity contribution < 1.29 is 0 Å². The van der Waals surface area contributed by atoms with Crippen LogP contribution < -0.4 is 0 Å². The zero-order chi connectivity index (χ0) is 10.8. The topological polar surface area (TPSA) is 0 Å². The number of rotatable bonds is 2. The van der Waals surface area contributed by atoms with E-state index in [0.717, 1.165) is 11.4 Å². The van der Waals surface area contributed by atoms with Crippen LogP contribution in [-0.2, 0) is 0 Å². The molecule has 2 unspecified atom stereocenters. The highest BCUT2D eigenvalue weighted by Crippen LogP contribution is 2.37. The third-order valence-corrected chi connectivity index (χ3v) is 3.18. The molecular weight excluding hydrogens is 204 g/mol. The van der Waals surface area contributed by atoms with Gasteiger partial charge in [0.05, 0.1) is 0 Å². The summed E-state index contributed by atoms with van der Waals surface area (Å²) in [5, 5.41) is 0.795. The molecule has 15 heavy (non-hydrogen) atoms. The molecule has 1 aromatic carbocycles. The number of allylic oxidation sites excluding steroid dienone is 1. The predicted octanol–water partition coefficient (Wildman–Crippen LogP) is 4.11. The van der Waals surface area contributed by atoms with Crippen LogP contribution in [0.5, 0.6) is 0 Å². The van der Waals surface area contributed by atoms with Gasteiger partial charge in [0.1, 0.15) is 0 Å². The Hall–Kier alpha value is -1.19. The average molecular weight is 217 g/mol. The molecule has 0 amide bonds. The van der Waals surface area contributed by atoms with Gasteiger partial charge in [-0.3, -0.25) is 0 Å². The van der Waals surface area contributed by atoms with Crippen LogP contribution in [0, 0.1) is 18.3 Å². The maximum Gasteiger partial charge on any atom is 0.0412 e. The number of hydrogen-bond donors (Lipinski definition) is 0. The largest absolute Gasteiger partial charge is 0.120 e. The number of benzene rings is 1. The zero-order valence-electron chi connectivity index (χ0n) is 8.70. The second-order valence-corrected chi connectivity index (χ2v) is 4.48. The molecule has 0 bridgehead atoms. The smallest absolute Gasteiger partial charge is 0.0412 e. The monoisotopic (exact) mass is 216 g/mol. The van der Waals surface area contributed by atoms with Crippen LogP contribution in [0.25, 0.3) is 6.08 Å². The van der Waals surface area contributed by atoms with Crippen LogP contribution in [0.15, 0.2) is 24.3 Å². The molecule has 1 aliphatic rings. The first-order valence-electron chi connectivity index (χ1n) is 5.13. The summed E-state index contributed by atoms with van der Waals surface area (Å²) >= 11 is 5.95. The number of terminal acetylenes is 1. The standard InChI is InChI=1S/C14H13Cl/c1-3-4-10(2)13-7-5-11-9-12(15)6-8-14(11)13/h1,5-10,13H,4H2,2H3. The Morgan fingerprint density at radius 1 is 1.53 bits per heavy atom. The Bertz CT molecular complexity index is 437. The predicted molar refractivity (Wildman–Crippen MR) is 65.8 cm³/mol. The van der Waals surface area contributed by atoms with Crippen LogP contribution in [0.4, 0.5) is 0 Å². The van der Waals surface area contributed by atoms with Crippen LogP contribution in [-0.4, -0.2) is 0 Å². The van der Waals surface area contributed by atoms with E-state index in [2.05, 4.69) is 31.1 Å². The Morgan fingerprint density at radius 2 is 2.33 bits per heavy atom. The van der Waals surface area contributed by atoms with Gasteiger partial charge in [-0.2, -0.15) is 0 Å². The number of fused-ring (bicyclic) bond motifs is 1. The second kappa shape index (κ2) is 4.13. The van der Waals surface area contributed by atoms with Crippen molar-refractivity contribution in [1.29, 1.82) is 0 Å². The molecular formula is C14H13Cl. The van der Waals surface area contributed by atoms with Gasteiger partial charge in [0.25, 0.3) is 0 Å². The van der Waals surface area contributed by atoms with E-state index in [1.54, 1.807) is 0 Å². The van der Waals surface area contributed by atoms with Crippen molar-refractivity contribution in [3.05, 3.63) is 40.4 Å². The summed E-state index contributed by atoms with van der Waals surface area (Å²) in [6, 6.07) is 6.06. The van der Waals surface area contributed by atoms with Gasteiger partial charge < -0.3 is 0 Å². The van der Waals surface area contributed by atoms with Gasteiger partial charge in [-0.1, -0.05) is 36.7 Å². The average Bonchev–Trinajstić information content (AvgIpc) is 2.60. The highest BCUT2D eigenvalue weighted by atomic mass is 35.5. The Balaban J connectivity index is 2.30. The fourth-order valence-electron chi connectivity index (χ4n) is 2.11. The van der Waals surface area contributed by atoms with Gasteiger partial charge in [0, 0.05) is 17.4 Å². The van der Waals surface area contributed by atoms with Gasteiger partial charge >= 0.3 is 0 Å². The van der Waals surface area contributed by atoms with Crippen LogP contribution in [0.1, 0.15) is 30.4 Å². The van der Waals surface area contributed by atoms with E-state index in [-0.39, 0.29) is 0 Å². The summed E-state index contributed by atoms with van der Waals surface area (Å²) < 4.78 is 0. The van der Waals surface area contributed by atoms with Crippen molar-refractivity contribution in [2.45, 2.75) is 19.3 Å². The number of hydrogen-bond acceptors (Lipinski definition) is 0. The highest BCUT2D eigenvalue weighted by Gasteiger charge is 2.22. The van der Waals surface area contributed by atoms with Gasteiger partial charge in [-0.25, -0.2) is 0 Å². The summed E-state index contributed by atoms with van der Waals surface area (Å²) in [6.45, 7) is 2.19. The first kappa shape index (κ1) is 10.3.